The van der Waals surface area contributed by atoms with Crippen LogP contribution < -0.4 is 11.1 Å². The Kier molecular flexibility index (Phi) is 4.50. The number of benzene rings is 1. The van der Waals surface area contributed by atoms with Crippen molar-refractivity contribution in [2.45, 2.75) is 25.8 Å². The summed E-state index contributed by atoms with van der Waals surface area (Å²) in [6, 6.07) is 6.99. The van der Waals surface area contributed by atoms with Gasteiger partial charge in [-0.3, -0.25) is 4.90 Å². The molecule has 94 valence electrons. The van der Waals surface area contributed by atoms with Gasteiger partial charge >= 0.3 is 0 Å². The minimum atomic E-state index is 0.839. The maximum absolute atomic E-state index is 5.96. The van der Waals surface area contributed by atoms with Crippen molar-refractivity contribution in [1.82, 2.24) is 4.90 Å². The zero-order valence-corrected chi connectivity index (χ0v) is 12.4. The Morgan fingerprint density at radius 1 is 1.47 bits per heavy atom. The first-order valence-electron chi connectivity index (χ1n) is 6.23. The van der Waals surface area contributed by atoms with Gasteiger partial charge in [0.2, 0.25) is 0 Å². The molecule has 0 aromatic heterocycles. The molecule has 3 N–H and O–H groups in total. The number of rotatable bonds is 6. The molecule has 1 aliphatic rings. The molecule has 2 rings (SSSR count). The summed E-state index contributed by atoms with van der Waals surface area (Å²) in [6.07, 6.45) is 2.75. The molecule has 4 heteroatoms. The van der Waals surface area contributed by atoms with E-state index in [1.165, 1.54) is 16.4 Å². The Bertz CT molecular complexity index is 377. The van der Waals surface area contributed by atoms with E-state index in [-0.39, 0.29) is 0 Å². The van der Waals surface area contributed by atoms with E-state index < -0.39 is 0 Å². The fourth-order valence-corrected chi connectivity index (χ4v) is 2.58. The lowest BCUT2D eigenvalue weighted by Crippen LogP contribution is -2.31. The molecular formula is C13H20IN3. The summed E-state index contributed by atoms with van der Waals surface area (Å²) in [5.74, 6) is 0. The van der Waals surface area contributed by atoms with E-state index in [9.17, 15) is 0 Å². The Balaban J connectivity index is 1.80. The van der Waals surface area contributed by atoms with E-state index >= 15 is 0 Å². The molecule has 0 aliphatic heterocycles. The van der Waals surface area contributed by atoms with Crippen molar-refractivity contribution in [3.05, 3.63) is 21.8 Å². The van der Waals surface area contributed by atoms with E-state index in [0.29, 0.717) is 0 Å². The molecular weight excluding hydrogens is 325 g/mol. The number of nitrogens with zero attached hydrogens (tertiary/aromatic N) is 1. The minimum absolute atomic E-state index is 0.839. The monoisotopic (exact) mass is 345 g/mol. The molecule has 0 spiro atoms. The minimum Gasteiger partial charge on any atom is -0.397 e. The lowest BCUT2D eigenvalue weighted by atomic mass is 10.2. The quantitative estimate of drug-likeness (QED) is 0.615. The Morgan fingerprint density at radius 3 is 2.82 bits per heavy atom. The van der Waals surface area contributed by atoms with Crippen LogP contribution in [-0.4, -0.2) is 30.6 Å². The van der Waals surface area contributed by atoms with Crippen LogP contribution in [0.4, 0.5) is 11.4 Å². The van der Waals surface area contributed by atoms with Crippen molar-refractivity contribution in [3.8, 4) is 0 Å². The van der Waals surface area contributed by atoms with Crippen LogP contribution in [0.2, 0.25) is 0 Å². The third-order valence-electron chi connectivity index (χ3n) is 3.20. The van der Waals surface area contributed by atoms with Crippen LogP contribution in [-0.2, 0) is 0 Å². The largest absolute Gasteiger partial charge is 0.397 e. The standard InChI is InChI=1S/C13H20IN3/c1-2-17(11-4-5-11)8-7-16-13-6-3-10(14)9-12(13)15/h3,6,9,11,16H,2,4-5,7-8,15H2,1H3. The van der Waals surface area contributed by atoms with Crippen molar-refractivity contribution in [1.29, 1.82) is 0 Å². The molecule has 1 aromatic carbocycles. The number of hydrogen-bond donors (Lipinski definition) is 2. The molecule has 3 nitrogen and oxygen atoms in total. The first-order chi connectivity index (χ1) is 8.20. The number of anilines is 2. The van der Waals surface area contributed by atoms with Crippen LogP contribution in [0, 0.1) is 3.57 Å². The maximum Gasteiger partial charge on any atom is 0.0575 e. The van der Waals surface area contributed by atoms with E-state index in [0.717, 1.165) is 37.1 Å². The van der Waals surface area contributed by atoms with Gasteiger partial charge in [-0.1, -0.05) is 6.92 Å². The maximum atomic E-state index is 5.96. The predicted molar refractivity (Wildman–Crippen MR) is 82.3 cm³/mol. The van der Waals surface area contributed by atoms with Crippen LogP contribution >= 0.6 is 22.6 Å². The highest BCUT2D eigenvalue weighted by Crippen LogP contribution is 2.26. The number of nitrogens with two attached hydrogens (primary N) is 1. The molecule has 0 saturated heterocycles. The van der Waals surface area contributed by atoms with Gasteiger partial charge < -0.3 is 11.1 Å². The van der Waals surface area contributed by atoms with Gasteiger partial charge in [-0.2, -0.15) is 0 Å². The number of nitrogen functional groups attached to an aromatic ring is 1. The van der Waals surface area contributed by atoms with Gasteiger partial charge in [0, 0.05) is 22.7 Å². The topological polar surface area (TPSA) is 41.3 Å². The van der Waals surface area contributed by atoms with Crippen molar-refractivity contribution in [2.24, 2.45) is 0 Å². The van der Waals surface area contributed by atoms with Crippen molar-refractivity contribution in [3.63, 3.8) is 0 Å². The summed E-state index contributed by atoms with van der Waals surface area (Å²) in [5.41, 5.74) is 7.85. The summed E-state index contributed by atoms with van der Waals surface area (Å²) in [7, 11) is 0. The molecule has 0 unspecified atom stereocenters. The number of likely N-dealkylation sites (N-methyl/N-ethyl adjacent to an activating group) is 1. The first kappa shape index (κ1) is 13.0. The van der Waals surface area contributed by atoms with Gasteiger partial charge in [0.05, 0.1) is 11.4 Å². The highest BCUT2D eigenvalue weighted by atomic mass is 127. The van der Waals surface area contributed by atoms with Gasteiger partial charge in [-0.05, 0) is 60.2 Å². The van der Waals surface area contributed by atoms with E-state index in [4.69, 9.17) is 5.73 Å². The van der Waals surface area contributed by atoms with Gasteiger partial charge in [-0.15, -0.1) is 0 Å². The third-order valence-corrected chi connectivity index (χ3v) is 3.87. The fourth-order valence-electron chi connectivity index (χ4n) is 2.07. The molecule has 0 atom stereocenters. The summed E-state index contributed by atoms with van der Waals surface area (Å²) < 4.78 is 1.18. The number of nitrogens with one attached hydrogen (secondary N) is 1. The third kappa shape index (κ3) is 3.74. The van der Waals surface area contributed by atoms with Gasteiger partial charge in [0.25, 0.3) is 0 Å². The summed E-state index contributed by atoms with van der Waals surface area (Å²) in [6.45, 7) is 5.45. The van der Waals surface area contributed by atoms with Crippen LogP contribution in [0.1, 0.15) is 19.8 Å². The van der Waals surface area contributed by atoms with Gasteiger partial charge in [0.1, 0.15) is 0 Å². The van der Waals surface area contributed by atoms with Crippen LogP contribution in [0.25, 0.3) is 0 Å². The Hall–Kier alpha value is -0.490. The first-order valence-corrected chi connectivity index (χ1v) is 7.31. The summed E-state index contributed by atoms with van der Waals surface area (Å²) >= 11 is 2.28. The molecule has 1 fully saturated rings. The Labute approximate surface area is 117 Å². The second-order valence-corrected chi connectivity index (χ2v) is 5.76. The molecule has 1 aromatic rings. The molecule has 0 bridgehead atoms. The van der Waals surface area contributed by atoms with Crippen molar-refractivity contribution < 1.29 is 0 Å². The van der Waals surface area contributed by atoms with Crippen molar-refractivity contribution >= 4 is 34.0 Å². The molecule has 1 saturated carbocycles. The van der Waals surface area contributed by atoms with Crippen LogP contribution in [0.5, 0.6) is 0 Å². The normalized spacial score (nSPS) is 15.2. The van der Waals surface area contributed by atoms with Crippen LogP contribution in [0.3, 0.4) is 0 Å². The van der Waals surface area contributed by atoms with Crippen molar-refractivity contribution in [2.75, 3.05) is 30.7 Å². The van der Waals surface area contributed by atoms with E-state index in [1.807, 2.05) is 6.07 Å². The van der Waals surface area contributed by atoms with Gasteiger partial charge in [-0.25, -0.2) is 0 Å². The van der Waals surface area contributed by atoms with Gasteiger partial charge in [0.15, 0.2) is 0 Å². The molecule has 17 heavy (non-hydrogen) atoms. The summed E-state index contributed by atoms with van der Waals surface area (Å²) in [5, 5.41) is 3.42. The second-order valence-electron chi connectivity index (χ2n) is 4.52. The Morgan fingerprint density at radius 2 is 2.24 bits per heavy atom. The highest BCUT2D eigenvalue weighted by Gasteiger charge is 2.27. The lowest BCUT2D eigenvalue weighted by molar-refractivity contribution is 0.289. The SMILES string of the molecule is CCN(CCNc1ccc(I)cc1N)C1CC1. The fraction of sp³-hybridized carbons (Fsp3) is 0.538. The van der Waals surface area contributed by atoms with Crippen LogP contribution in [0.15, 0.2) is 18.2 Å². The molecule has 1 aliphatic carbocycles. The molecule has 0 radical (unpaired) electrons. The highest BCUT2D eigenvalue weighted by molar-refractivity contribution is 14.1. The van der Waals surface area contributed by atoms with E-state index in [2.05, 4.69) is 51.9 Å². The smallest absolute Gasteiger partial charge is 0.0575 e. The molecule has 0 amide bonds. The number of halogens is 1. The second kappa shape index (κ2) is 5.91. The average Bonchev–Trinajstić information content (AvgIpc) is 3.11. The zero-order valence-electron chi connectivity index (χ0n) is 10.2. The predicted octanol–water partition coefficient (Wildman–Crippen LogP) is 2.77. The summed E-state index contributed by atoms with van der Waals surface area (Å²) in [4.78, 5) is 2.54. The van der Waals surface area contributed by atoms with E-state index in [1.54, 1.807) is 0 Å². The lowest BCUT2D eigenvalue weighted by Gasteiger charge is -2.20. The molecule has 0 heterocycles. The number of hydrogen-bond acceptors (Lipinski definition) is 3. The zero-order chi connectivity index (χ0) is 12.3. The average molecular weight is 345 g/mol.